The molecule has 0 spiro atoms. The fourth-order valence-electron chi connectivity index (χ4n) is 1.56. The smallest absolute Gasteiger partial charge is 0.0859 e. The quantitative estimate of drug-likeness (QED) is 0.715. The lowest BCUT2D eigenvalue weighted by atomic mass is 10.2. The van der Waals surface area contributed by atoms with Crippen LogP contribution in [-0.2, 0) is 6.42 Å². The van der Waals surface area contributed by atoms with Gasteiger partial charge in [0.05, 0.1) is 20.6 Å². The maximum absolute atomic E-state index is 8.64. The molecule has 1 nitrogen and oxygen atoms in total. The zero-order valence-corrected chi connectivity index (χ0v) is 12.0. The van der Waals surface area contributed by atoms with Crippen molar-refractivity contribution in [1.29, 1.82) is 5.26 Å². The molecule has 0 radical (unpaired) electrons. The number of nitriles is 1. The molecule has 0 unspecified atom stereocenters. The molecule has 1 rings (SSSR count). The van der Waals surface area contributed by atoms with Gasteiger partial charge in [-0.1, -0.05) is 63.3 Å². The Hall–Kier alpha value is -1.07. The predicted octanol–water partition coefficient (Wildman–Crippen LogP) is 3.47. The van der Waals surface area contributed by atoms with Gasteiger partial charge in [-0.05, 0) is 10.6 Å². The minimum Gasteiger partial charge on any atom is -0.198 e. The number of nitrogens with zero attached hydrogens (tertiary/aromatic N) is 1. The molecule has 16 heavy (non-hydrogen) atoms. The van der Waals surface area contributed by atoms with E-state index in [0.29, 0.717) is 11.5 Å². The summed E-state index contributed by atoms with van der Waals surface area (Å²) in [6.45, 7) is 11.8. The van der Waals surface area contributed by atoms with Gasteiger partial charge in [0.2, 0.25) is 0 Å². The first kappa shape index (κ1) is 13.0. The van der Waals surface area contributed by atoms with Crippen molar-refractivity contribution in [2.24, 2.45) is 0 Å². The molecule has 1 aromatic rings. The van der Waals surface area contributed by atoms with Crippen molar-refractivity contribution in [1.82, 2.24) is 0 Å². The van der Waals surface area contributed by atoms with Crippen LogP contribution in [-0.4, -0.2) is 8.07 Å². The SMILES string of the molecule is CC(C)(C)[Si](C)(C)c1ccc(CC#N)cc1. The van der Waals surface area contributed by atoms with Gasteiger partial charge in [-0.3, -0.25) is 0 Å². The van der Waals surface area contributed by atoms with Gasteiger partial charge in [0.25, 0.3) is 0 Å². The average Bonchev–Trinajstić information content (AvgIpc) is 2.17. The second kappa shape index (κ2) is 4.43. The summed E-state index contributed by atoms with van der Waals surface area (Å²) in [6.07, 6.45) is 0.512. The minimum absolute atomic E-state index is 0.365. The van der Waals surface area contributed by atoms with Gasteiger partial charge in [0.15, 0.2) is 0 Å². The topological polar surface area (TPSA) is 23.8 Å². The van der Waals surface area contributed by atoms with E-state index >= 15 is 0 Å². The molecule has 1 aromatic carbocycles. The summed E-state index contributed by atoms with van der Waals surface area (Å²) in [4.78, 5) is 0. The van der Waals surface area contributed by atoms with Crippen molar-refractivity contribution in [2.45, 2.75) is 45.3 Å². The molecule has 0 fully saturated rings. The summed E-state index contributed by atoms with van der Waals surface area (Å²) in [5, 5.41) is 10.5. The Labute approximate surface area is 100 Å². The van der Waals surface area contributed by atoms with E-state index in [0.717, 1.165) is 5.56 Å². The third-order valence-electron chi connectivity index (χ3n) is 3.83. The van der Waals surface area contributed by atoms with Gasteiger partial charge in [-0.25, -0.2) is 0 Å². The molecule has 0 aliphatic heterocycles. The highest BCUT2D eigenvalue weighted by atomic mass is 28.3. The van der Waals surface area contributed by atoms with Crippen LogP contribution < -0.4 is 5.19 Å². The van der Waals surface area contributed by atoms with Crippen LogP contribution in [0.15, 0.2) is 24.3 Å². The summed E-state index contributed by atoms with van der Waals surface area (Å²) in [6, 6.07) is 10.8. The number of benzene rings is 1. The average molecular weight is 231 g/mol. The number of hydrogen-bond acceptors (Lipinski definition) is 1. The summed E-state index contributed by atoms with van der Waals surface area (Å²) >= 11 is 0. The van der Waals surface area contributed by atoms with E-state index in [9.17, 15) is 0 Å². The van der Waals surface area contributed by atoms with Crippen LogP contribution in [0, 0.1) is 11.3 Å². The highest BCUT2D eigenvalue weighted by Gasteiger charge is 2.36. The molecule has 2 heteroatoms. The molecule has 0 N–H and O–H groups in total. The maximum atomic E-state index is 8.64. The van der Waals surface area contributed by atoms with Crippen molar-refractivity contribution in [3.05, 3.63) is 29.8 Å². The monoisotopic (exact) mass is 231 g/mol. The van der Waals surface area contributed by atoms with Gasteiger partial charge in [-0.2, -0.15) is 5.26 Å². The van der Waals surface area contributed by atoms with Crippen molar-refractivity contribution in [3.63, 3.8) is 0 Å². The van der Waals surface area contributed by atoms with Crippen LogP contribution in [0.3, 0.4) is 0 Å². The molecule has 0 aliphatic carbocycles. The maximum Gasteiger partial charge on any atom is 0.0859 e. The third kappa shape index (κ3) is 2.54. The lowest BCUT2D eigenvalue weighted by Gasteiger charge is -2.37. The Morgan fingerprint density at radius 2 is 1.62 bits per heavy atom. The van der Waals surface area contributed by atoms with Crippen LogP contribution in [0.4, 0.5) is 0 Å². The molecule has 0 atom stereocenters. The molecular formula is C14H21NSi. The van der Waals surface area contributed by atoms with E-state index < -0.39 is 8.07 Å². The van der Waals surface area contributed by atoms with Crippen molar-refractivity contribution in [2.75, 3.05) is 0 Å². The molecule has 0 aliphatic rings. The normalized spacial score (nSPS) is 12.2. The zero-order valence-electron chi connectivity index (χ0n) is 11.0. The van der Waals surface area contributed by atoms with Gasteiger partial charge in [0, 0.05) is 0 Å². The Balaban J connectivity index is 3.03. The first-order valence-corrected chi connectivity index (χ1v) is 8.75. The van der Waals surface area contributed by atoms with Crippen LogP contribution in [0.5, 0.6) is 0 Å². The second-order valence-electron chi connectivity index (χ2n) is 5.91. The molecule has 0 aromatic heterocycles. The Kier molecular flexibility index (Phi) is 3.60. The molecule has 0 saturated carbocycles. The van der Waals surface area contributed by atoms with Gasteiger partial charge in [-0.15, -0.1) is 0 Å². The van der Waals surface area contributed by atoms with E-state index in [-0.39, 0.29) is 0 Å². The van der Waals surface area contributed by atoms with Crippen molar-refractivity contribution >= 4 is 13.3 Å². The van der Waals surface area contributed by atoms with E-state index in [1.54, 1.807) is 0 Å². The summed E-state index contributed by atoms with van der Waals surface area (Å²) < 4.78 is 0. The number of hydrogen-bond donors (Lipinski definition) is 0. The molecule has 0 saturated heterocycles. The largest absolute Gasteiger partial charge is 0.198 e. The third-order valence-corrected chi connectivity index (χ3v) is 9.36. The molecule has 0 bridgehead atoms. The summed E-state index contributed by atoms with van der Waals surface area (Å²) in [5.74, 6) is 0. The highest BCUT2D eigenvalue weighted by molar-refractivity contribution is 6.92. The van der Waals surface area contributed by atoms with Crippen LogP contribution in [0.1, 0.15) is 26.3 Å². The Morgan fingerprint density at radius 1 is 1.12 bits per heavy atom. The molecular weight excluding hydrogens is 210 g/mol. The van der Waals surface area contributed by atoms with Crippen molar-refractivity contribution in [3.8, 4) is 6.07 Å². The van der Waals surface area contributed by atoms with Crippen LogP contribution in [0.2, 0.25) is 18.1 Å². The number of rotatable bonds is 2. The predicted molar refractivity (Wildman–Crippen MR) is 72.6 cm³/mol. The van der Waals surface area contributed by atoms with E-state index in [4.69, 9.17) is 5.26 Å². The first-order chi connectivity index (χ1) is 7.29. The lowest BCUT2D eigenvalue weighted by molar-refractivity contribution is 0.729. The highest BCUT2D eigenvalue weighted by Crippen LogP contribution is 2.35. The Bertz CT molecular complexity index is 390. The van der Waals surface area contributed by atoms with Gasteiger partial charge < -0.3 is 0 Å². The summed E-state index contributed by atoms with van der Waals surface area (Å²) in [7, 11) is -1.41. The van der Waals surface area contributed by atoms with Crippen molar-refractivity contribution < 1.29 is 0 Å². The first-order valence-electron chi connectivity index (χ1n) is 5.75. The van der Waals surface area contributed by atoms with Crippen LogP contribution >= 0.6 is 0 Å². The second-order valence-corrected chi connectivity index (χ2v) is 11.2. The van der Waals surface area contributed by atoms with Crippen LogP contribution in [0.25, 0.3) is 0 Å². The molecule has 86 valence electrons. The van der Waals surface area contributed by atoms with E-state index in [1.165, 1.54) is 5.19 Å². The minimum atomic E-state index is -1.41. The fraction of sp³-hybridized carbons (Fsp3) is 0.500. The molecule has 0 amide bonds. The standard InChI is InChI=1S/C14H21NSi/c1-14(2,3)16(4,5)13-8-6-12(7-9-13)10-11-15/h6-9H,10H2,1-5H3. The van der Waals surface area contributed by atoms with E-state index in [2.05, 4.69) is 64.2 Å². The van der Waals surface area contributed by atoms with Gasteiger partial charge in [0.1, 0.15) is 0 Å². The fourth-order valence-corrected chi connectivity index (χ4v) is 3.43. The lowest BCUT2D eigenvalue weighted by Crippen LogP contribution is -2.49. The molecule has 0 heterocycles. The van der Waals surface area contributed by atoms with Gasteiger partial charge >= 0.3 is 0 Å². The van der Waals surface area contributed by atoms with E-state index in [1.807, 2.05) is 0 Å². The summed E-state index contributed by atoms with van der Waals surface area (Å²) in [5.41, 5.74) is 1.12. The Morgan fingerprint density at radius 3 is 2.00 bits per heavy atom. The zero-order chi connectivity index (χ0) is 12.4.